The van der Waals surface area contributed by atoms with Gasteiger partial charge in [0, 0.05) is 42.1 Å². The van der Waals surface area contributed by atoms with Crippen LogP contribution in [0.1, 0.15) is 135 Å². The normalized spacial score (nSPS) is 47.4. The van der Waals surface area contributed by atoms with Gasteiger partial charge >= 0.3 is 29.8 Å². The fourth-order valence-corrected chi connectivity index (χ4v) is 17.0. The van der Waals surface area contributed by atoms with Gasteiger partial charge in [0.05, 0.1) is 37.4 Å². The minimum Gasteiger partial charge on any atom is -0.479 e. The van der Waals surface area contributed by atoms with Crippen LogP contribution in [-0.4, -0.2) is 217 Å². The fraction of sp³-hybridized carbons (Fsp3) is 0.852. The first kappa shape index (κ1) is 68.1. The predicted molar refractivity (Wildman–Crippen MR) is 296 cm³/mol. The van der Waals surface area contributed by atoms with Crippen LogP contribution in [0, 0.1) is 56.2 Å². The highest BCUT2D eigenvalue weighted by Crippen LogP contribution is 2.77. The van der Waals surface area contributed by atoms with Gasteiger partial charge in [-0.25, -0.2) is 9.59 Å². The van der Waals surface area contributed by atoms with Crippen LogP contribution in [0.4, 0.5) is 0 Å². The Labute approximate surface area is 501 Å². The summed E-state index contributed by atoms with van der Waals surface area (Å²) in [6.45, 7) is 20.9. The van der Waals surface area contributed by atoms with E-state index in [1.165, 1.54) is 20.8 Å². The van der Waals surface area contributed by atoms with Gasteiger partial charge in [0.2, 0.25) is 0 Å². The van der Waals surface area contributed by atoms with Crippen molar-refractivity contribution in [3.63, 3.8) is 0 Å². The van der Waals surface area contributed by atoms with Gasteiger partial charge in [-0.1, -0.05) is 73.1 Å². The van der Waals surface area contributed by atoms with E-state index in [2.05, 4.69) is 19.9 Å². The van der Waals surface area contributed by atoms with Crippen molar-refractivity contribution in [2.75, 3.05) is 19.8 Å². The van der Waals surface area contributed by atoms with Gasteiger partial charge in [-0.05, 0) is 93.8 Å². The zero-order valence-corrected chi connectivity index (χ0v) is 51.6. The summed E-state index contributed by atoms with van der Waals surface area (Å²) in [7, 11) is 0. The number of carboxylic acid groups (broad SMARTS) is 1. The molecule has 3 heterocycles. The summed E-state index contributed by atoms with van der Waals surface area (Å²) in [6, 6.07) is 0. The van der Waals surface area contributed by atoms with Crippen molar-refractivity contribution in [1.82, 2.24) is 0 Å². The third kappa shape index (κ3) is 11.4. The smallest absolute Gasteiger partial charge is 0.335 e. The van der Waals surface area contributed by atoms with E-state index in [0.29, 0.717) is 25.7 Å². The SMILES string of the molecule is C/C=C(/C)C(=O)O[C@H]1[C@H](OC(=O)CC(C)C)[C@]2(CO)[C@H](OC(C)=O)[C@H](OC(C)=O)[C@]3(C)C(=CC[C@@H]4[C@@]5(C)CC[C@H](O[C@@H]6O[C@H](C(=O)O)[C@@H](O)[C@H](O[C@@H]7OC[C@H](O)[C@H](O[C@@H]8O[C@@H](C)[C@H](O)[C@@H](O)[C@H]8O)[C@H]7O)[C@H]6O)[C@@](C)(CO)[C@@H]5CC[C@]43C)[C@@H]2CC1(C)C. The maximum Gasteiger partial charge on any atom is 0.335 e. The van der Waals surface area contributed by atoms with Crippen LogP contribution < -0.4 is 0 Å². The number of hydrogen-bond donors (Lipinski definition) is 10. The molecule has 86 heavy (non-hydrogen) atoms. The van der Waals surface area contributed by atoms with E-state index in [4.69, 9.17) is 47.4 Å². The molecule has 488 valence electrons. The van der Waals surface area contributed by atoms with Gasteiger partial charge in [0.15, 0.2) is 37.2 Å². The second kappa shape index (κ2) is 25.1. The quantitative estimate of drug-likeness (QED) is 0.0344. The maximum absolute atomic E-state index is 14.1. The molecule has 27 atom stereocenters. The molecular formula is C61H94O25. The third-order valence-corrected chi connectivity index (χ3v) is 21.8. The molecule has 0 aromatic rings. The highest BCUT2D eigenvalue weighted by atomic mass is 16.8. The fourth-order valence-electron chi connectivity index (χ4n) is 17.0. The molecule has 25 nitrogen and oxygen atoms in total. The van der Waals surface area contributed by atoms with Crippen LogP contribution in [0.3, 0.4) is 0 Å². The lowest BCUT2D eigenvalue weighted by atomic mass is 9.32. The van der Waals surface area contributed by atoms with E-state index < -0.39 is 205 Å². The molecule has 10 N–H and O–H groups in total. The zero-order chi connectivity index (χ0) is 63.9. The van der Waals surface area contributed by atoms with Crippen LogP contribution >= 0.6 is 0 Å². The molecule has 0 spiro atoms. The molecule has 3 aliphatic heterocycles. The van der Waals surface area contributed by atoms with Crippen molar-refractivity contribution >= 4 is 29.8 Å². The lowest BCUT2D eigenvalue weighted by Gasteiger charge is -2.73. The lowest BCUT2D eigenvalue weighted by molar-refractivity contribution is -0.372. The molecule has 8 aliphatic rings. The van der Waals surface area contributed by atoms with Crippen LogP contribution in [0.5, 0.6) is 0 Å². The number of fused-ring (bicyclic) bond motifs is 7. The Kier molecular flexibility index (Phi) is 19.9. The van der Waals surface area contributed by atoms with Crippen molar-refractivity contribution in [3.8, 4) is 0 Å². The molecule has 3 saturated heterocycles. The number of aliphatic carboxylic acids is 1. The van der Waals surface area contributed by atoms with Crippen LogP contribution in [-0.2, 0) is 71.3 Å². The van der Waals surface area contributed by atoms with Gasteiger partial charge in [-0.2, -0.15) is 0 Å². The molecule has 5 aliphatic carbocycles. The Morgan fingerprint density at radius 2 is 1.29 bits per heavy atom. The van der Waals surface area contributed by atoms with Crippen molar-refractivity contribution in [1.29, 1.82) is 0 Å². The molecular weight excluding hydrogens is 1130 g/mol. The number of carbonyl (C=O) groups excluding carboxylic acids is 4. The highest BCUT2D eigenvalue weighted by Gasteiger charge is 2.78. The topological polar surface area (TPSA) is 380 Å². The third-order valence-electron chi connectivity index (χ3n) is 21.8. The molecule has 8 rings (SSSR count). The number of hydrogen-bond acceptors (Lipinski definition) is 24. The number of carboxylic acids is 1. The molecule has 0 amide bonds. The number of rotatable bonds is 16. The molecule has 0 unspecified atom stereocenters. The summed E-state index contributed by atoms with van der Waals surface area (Å²) in [5.74, 6) is -6.00. The van der Waals surface area contributed by atoms with Crippen LogP contribution in [0.25, 0.3) is 0 Å². The lowest BCUT2D eigenvalue weighted by Crippen LogP contribution is -2.77. The molecule has 25 heteroatoms. The van der Waals surface area contributed by atoms with Crippen LogP contribution in [0.15, 0.2) is 23.3 Å². The van der Waals surface area contributed by atoms with E-state index in [1.54, 1.807) is 19.9 Å². The van der Waals surface area contributed by atoms with Crippen molar-refractivity contribution in [3.05, 3.63) is 23.3 Å². The Bertz CT molecular complexity index is 2570. The molecule has 4 saturated carbocycles. The van der Waals surface area contributed by atoms with Gasteiger partial charge in [-0.3, -0.25) is 14.4 Å². The second-order valence-corrected chi connectivity index (χ2v) is 27.8. The first-order valence-electron chi connectivity index (χ1n) is 30.2. The Balaban J connectivity index is 1.13. The molecule has 0 aromatic heterocycles. The summed E-state index contributed by atoms with van der Waals surface area (Å²) >= 11 is 0. The van der Waals surface area contributed by atoms with Crippen molar-refractivity contribution < 1.29 is 122 Å². The summed E-state index contributed by atoms with van der Waals surface area (Å²) in [6.07, 6.45) is -25.3. The predicted octanol–water partition coefficient (Wildman–Crippen LogP) is 1.48. The molecule has 0 aromatic carbocycles. The Hall–Kier alpha value is -3.77. The number of ether oxygens (including phenoxy) is 10. The number of carbonyl (C=O) groups is 5. The number of allylic oxidation sites excluding steroid dienone is 2. The van der Waals surface area contributed by atoms with Gasteiger partial charge in [0.1, 0.15) is 67.1 Å². The number of aliphatic hydroxyl groups is 9. The second-order valence-electron chi connectivity index (χ2n) is 27.8. The summed E-state index contributed by atoms with van der Waals surface area (Å²) in [5, 5.41) is 111. The van der Waals surface area contributed by atoms with E-state index in [-0.39, 0.29) is 42.6 Å². The van der Waals surface area contributed by atoms with E-state index in [1.807, 2.05) is 41.5 Å². The molecule has 0 radical (unpaired) electrons. The largest absolute Gasteiger partial charge is 0.479 e. The van der Waals surface area contributed by atoms with Crippen LogP contribution in [0.2, 0.25) is 0 Å². The minimum absolute atomic E-state index is 0.0342. The first-order valence-corrected chi connectivity index (χ1v) is 30.2. The summed E-state index contributed by atoms with van der Waals surface area (Å²) in [5.41, 5.74) is -5.48. The van der Waals surface area contributed by atoms with Gasteiger partial charge in [0.25, 0.3) is 0 Å². The average molecular weight is 1230 g/mol. The van der Waals surface area contributed by atoms with E-state index in [9.17, 15) is 75.0 Å². The molecule has 7 fully saturated rings. The minimum atomic E-state index is -2.11. The van der Waals surface area contributed by atoms with Gasteiger partial charge < -0.3 is 98.4 Å². The van der Waals surface area contributed by atoms with Crippen molar-refractivity contribution in [2.24, 2.45) is 56.2 Å². The standard InChI is InChI=1S/C61H94O25/c1-14-27(4)52(76)86-47-49(82-37(67)21-26(2)3)61(25-63)32(22-56(47,8)9)31-15-16-35-57(10)19-18-36(58(11,24-62)34(57)17-20-59(35,12)60(31,13)48(79-29(6)64)50(61)80-30(7)65)81-55-43(73)45(41(71)46(85-55)51(74)75)84-53-42(72)44(33(66)23-77-53)83-54-40(70)39(69)38(68)28(5)78-54/h14-15,26,28,32-36,38-50,53-55,62-63,66,68-73H,16-25H2,1-13H3,(H,74,75)/b27-14-/t28-,32-,33-,34+,35+,36-,38-,39+,40+,41-,42+,43+,44-,45-,46-,47-,48-,49-,50+,53-,54-,55+,57-,58-,59+,60-,61+/m0/s1. The van der Waals surface area contributed by atoms with E-state index in [0.717, 1.165) is 5.57 Å². The van der Waals surface area contributed by atoms with Gasteiger partial charge in [-0.15, -0.1) is 0 Å². The number of aliphatic hydroxyl groups excluding tert-OH is 9. The monoisotopic (exact) mass is 1230 g/mol. The Morgan fingerprint density at radius 1 is 0.686 bits per heavy atom. The van der Waals surface area contributed by atoms with E-state index >= 15 is 0 Å². The van der Waals surface area contributed by atoms with Crippen molar-refractivity contribution in [2.45, 2.75) is 251 Å². The summed E-state index contributed by atoms with van der Waals surface area (Å²) in [4.78, 5) is 68.2. The zero-order valence-electron chi connectivity index (χ0n) is 51.6. The maximum atomic E-state index is 14.1. The molecule has 0 bridgehead atoms. The average Bonchev–Trinajstić information content (AvgIpc) is 0.663. The highest BCUT2D eigenvalue weighted by molar-refractivity contribution is 5.88. The first-order chi connectivity index (χ1) is 40.0. The Morgan fingerprint density at radius 3 is 1.88 bits per heavy atom. The summed E-state index contributed by atoms with van der Waals surface area (Å²) < 4.78 is 61.1. The number of esters is 4.